The van der Waals surface area contributed by atoms with Crippen LogP contribution < -0.4 is 0 Å². The van der Waals surface area contributed by atoms with Gasteiger partial charge in [-0.05, 0) is 38.7 Å². The summed E-state index contributed by atoms with van der Waals surface area (Å²) >= 11 is 0. The molecule has 0 bridgehead atoms. The first-order chi connectivity index (χ1) is 6.24. The molecule has 0 nitrogen and oxygen atoms in total. The van der Waals surface area contributed by atoms with Crippen LogP contribution in [0.2, 0.25) is 0 Å². The van der Waals surface area contributed by atoms with Crippen molar-refractivity contribution in [2.75, 3.05) is 0 Å². The van der Waals surface area contributed by atoms with Gasteiger partial charge in [-0.1, -0.05) is 43.4 Å². The first-order valence-corrected chi connectivity index (χ1v) is 5.60. The van der Waals surface area contributed by atoms with Crippen molar-refractivity contribution in [3.8, 4) is 0 Å². The monoisotopic (exact) mass is 178 g/mol. The largest absolute Gasteiger partial charge is 0.0690 e. The molecule has 0 aromatic heterocycles. The zero-order valence-corrected chi connectivity index (χ0v) is 9.32. The highest BCUT2D eigenvalue weighted by molar-refractivity contribution is 5.37. The van der Waals surface area contributed by atoms with Crippen molar-refractivity contribution in [2.45, 2.75) is 59.3 Å². The van der Waals surface area contributed by atoms with Gasteiger partial charge in [0.2, 0.25) is 0 Å². The Morgan fingerprint density at radius 2 is 1.92 bits per heavy atom. The van der Waals surface area contributed by atoms with Crippen molar-refractivity contribution >= 4 is 0 Å². The Morgan fingerprint density at radius 1 is 1.15 bits per heavy atom. The number of rotatable bonds is 5. The van der Waals surface area contributed by atoms with E-state index < -0.39 is 0 Å². The van der Waals surface area contributed by atoms with Gasteiger partial charge in [0.25, 0.3) is 0 Å². The molecule has 74 valence electrons. The second-order valence-corrected chi connectivity index (χ2v) is 4.28. The zero-order valence-electron chi connectivity index (χ0n) is 9.32. The summed E-state index contributed by atoms with van der Waals surface area (Å²) in [6.45, 7) is 6.79. The van der Waals surface area contributed by atoms with Gasteiger partial charge in [-0.3, -0.25) is 0 Å². The molecule has 0 unspecified atom stereocenters. The van der Waals surface area contributed by atoms with Crippen molar-refractivity contribution in [3.05, 3.63) is 22.8 Å². The highest BCUT2D eigenvalue weighted by Gasteiger charge is 2.08. The summed E-state index contributed by atoms with van der Waals surface area (Å²) in [6, 6.07) is 0. The molecule has 1 rings (SSSR count). The molecule has 0 aliphatic heterocycles. The Bertz CT molecular complexity index is 218. The van der Waals surface area contributed by atoms with Gasteiger partial charge in [0.05, 0.1) is 0 Å². The molecular weight excluding hydrogens is 156 g/mol. The normalized spacial score (nSPS) is 16.7. The van der Waals surface area contributed by atoms with Gasteiger partial charge in [-0.2, -0.15) is 0 Å². The van der Waals surface area contributed by atoms with E-state index in [1.807, 2.05) is 0 Å². The average Bonchev–Trinajstić information content (AvgIpc) is 2.39. The first-order valence-electron chi connectivity index (χ1n) is 5.60. The lowest BCUT2D eigenvalue weighted by molar-refractivity contribution is 0.667. The van der Waals surface area contributed by atoms with Crippen LogP contribution in [0.1, 0.15) is 59.3 Å². The summed E-state index contributed by atoms with van der Waals surface area (Å²) in [5, 5.41) is 0. The third-order valence-corrected chi connectivity index (χ3v) is 2.81. The number of hydrogen-bond donors (Lipinski definition) is 0. The molecule has 0 N–H and O–H groups in total. The van der Waals surface area contributed by atoms with Crippen LogP contribution in [0.25, 0.3) is 0 Å². The number of unbranched alkanes of at least 4 members (excludes halogenated alkanes) is 3. The molecule has 13 heavy (non-hydrogen) atoms. The summed E-state index contributed by atoms with van der Waals surface area (Å²) in [4.78, 5) is 0. The predicted octanol–water partition coefficient (Wildman–Crippen LogP) is 4.62. The highest BCUT2D eigenvalue weighted by Crippen LogP contribution is 2.27. The van der Waals surface area contributed by atoms with Crippen molar-refractivity contribution in [1.82, 2.24) is 0 Å². The topological polar surface area (TPSA) is 0 Å². The van der Waals surface area contributed by atoms with Crippen molar-refractivity contribution < 1.29 is 0 Å². The second kappa shape index (κ2) is 5.26. The Morgan fingerprint density at radius 3 is 2.46 bits per heavy atom. The van der Waals surface area contributed by atoms with E-state index >= 15 is 0 Å². The molecular formula is C13H22. The second-order valence-electron chi connectivity index (χ2n) is 4.28. The van der Waals surface area contributed by atoms with E-state index in [-0.39, 0.29) is 0 Å². The van der Waals surface area contributed by atoms with E-state index in [0.29, 0.717) is 0 Å². The zero-order chi connectivity index (χ0) is 9.68. The van der Waals surface area contributed by atoms with E-state index in [1.165, 1.54) is 38.5 Å². The van der Waals surface area contributed by atoms with Crippen LogP contribution in [0.5, 0.6) is 0 Å². The van der Waals surface area contributed by atoms with Crippen LogP contribution >= 0.6 is 0 Å². The molecule has 0 saturated carbocycles. The molecule has 0 heterocycles. The summed E-state index contributed by atoms with van der Waals surface area (Å²) in [6.07, 6.45) is 10.4. The third kappa shape index (κ3) is 3.38. The van der Waals surface area contributed by atoms with Gasteiger partial charge in [-0.25, -0.2) is 0 Å². The molecule has 0 aromatic rings. The lowest BCUT2D eigenvalue weighted by Gasteiger charge is -2.01. The smallest absolute Gasteiger partial charge is 0.0105 e. The maximum atomic E-state index is 2.39. The van der Waals surface area contributed by atoms with Crippen LogP contribution in [0.15, 0.2) is 22.8 Å². The standard InChI is InChI=1S/C13H22/c1-4-5-6-7-8-13-10-11(2)9-12(13)3/h10H,4-9H2,1-3H3. The average molecular weight is 178 g/mol. The summed E-state index contributed by atoms with van der Waals surface area (Å²) in [5.41, 5.74) is 4.77. The Labute approximate surface area is 82.7 Å². The fourth-order valence-corrected chi connectivity index (χ4v) is 2.03. The quantitative estimate of drug-likeness (QED) is 0.539. The highest BCUT2D eigenvalue weighted by atomic mass is 14.1. The van der Waals surface area contributed by atoms with Gasteiger partial charge < -0.3 is 0 Å². The van der Waals surface area contributed by atoms with Crippen LogP contribution in [-0.4, -0.2) is 0 Å². The SMILES string of the molecule is CCCCCCC1=C(C)CC(C)=C1. The Hall–Kier alpha value is -0.520. The molecule has 0 amide bonds. The molecule has 0 atom stereocenters. The van der Waals surface area contributed by atoms with E-state index in [9.17, 15) is 0 Å². The minimum atomic E-state index is 1.23. The van der Waals surface area contributed by atoms with Crippen LogP contribution in [0, 0.1) is 0 Å². The molecule has 1 aliphatic carbocycles. The van der Waals surface area contributed by atoms with Gasteiger partial charge in [0.15, 0.2) is 0 Å². The van der Waals surface area contributed by atoms with Crippen molar-refractivity contribution in [3.63, 3.8) is 0 Å². The van der Waals surface area contributed by atoms with Crippen LogP contribution in [0.3, 0.4) is 0 Å². The molecule has 0 saturated heterocycles. The van der Waals surface area contributed by atoms with Gasteiger partial charge in [-0.15, -0.1) is 0 Å². The fraction of sp³-hybridized carbons (Fsp3) is 0.692. The fourth-order valence-electron chi connectivity index (χ4n) is 2.03. The molecule has 0 heteroatoms. The minimum Gasteiger partial charge on any atom is -0.0690 e. The van der Waals surface area contributed by atoms with Crippen molar-refractivity contribution in [1.29, 1.82) is 0 Å². The van der Waals surface area contributed by atoms with Crippen LogP contribution in [-0.2, 0) is 0 Å². The van der Waals surface area contributed by atoms with E-state index in [1.54, 1.807) is 16.7 Å². The third-order valence-electron chi connectivity index (χ3n) is 2.81. The predicted molar refractivity (Wildman–Crippen MR) is 59.8 cm³/mol. The van der Waals surface area contributed by atoms with Gasteiger partial charge >= 0.3 is 0 Å². The lowest BCUT2D eigenvalue weighted by atomic mass is 10.0. The Kier molecular flexibility index (Phi) is 4.27. The number of hydrogen-bond acceptors (Lipinski definition) is 0. The van der Waals surface area contributed by atoms with E-state index in [4.69, 9.17) is 0 Å². The first kappa shape index (κ1) is 10.6. The maximum absolute atomic E-state index is 2.39. The van der Waals surface area contributed by atoms with Crippen LogP contribution in [0.4, 0.5) is 0 Å². The van der Waals surface area contributed by atoms with E-state index in [0.717, 1.165) is 0 Å². The lowest BCUT2D eigenvalue weighted by Crippen LogP contribution is -1.82. The molecule has 0 fully saturated rings. The van der Waals surface area contributed by atoms with Gasteiger partial charge in [0, 0.05) is 0 Å². The number of allylic oxidation sites excluding steroid dienone is 4. The minimum absolute atomic E-state index is 1.23. The van der Waals surface area contributed by atoms with E-state index in [2.05, 4.69) is 26.8 Å². The Balaban J connectivity index is 2.25. The summed E-state index contributed by atoms with van der Waals surface area (Å²) in [5.74, 6) is 0. The molecule has 0 spiro atoms. The summed E-state index contributed by atoms with van der Waals surface area (Å²) < 4.78 is 0. The molecule has 0 radical (unpaired) electrons. The molecule has 0 aromatic carbocycles. The van der Waals surface area contributed by atoms with Crippen molar-refractivity contribution in [2.24, 2.45) is 0 Å². The maximum Gasteiger partial charge on any atom is -0.0105 e. The van der Waals surface area contributed by atoms with Gasteiger partial charge in [0.1, 0.15) is 0 Å². The summed E-state index contributed by atoms with van der Waals surface area (Å²) in [7, 11) is 0. The molecule has 1 aliphatic rings.